The minimum absolute atomic E-state index is 0.557. The number of rotatable bonds is 4. The first-order chi connectivity index (χ1) is 7.38. The van der Waals surface area contributed by atoms with E-state index in [4.69, 9.17) is 0 Å². The van der Waals surface area contributed by atoms with Crippen LogP contribution in [0.4, 0.5) is 0 Å². The van der Waals surface area contributed by atoms with E-state index < -0.39 is 0 Å². The van der Waals surface area contributed by atoms with Gasteiger partial charge in [0.2, 0.25) is 0 Å². The van der Waals surface area contributed by atoms with E-state index in [1.54, 1.807) is 0 Å². The number of hydrogen-bond acceptors (Lipinski definition) is 1. The van der Waals surface area contributed by atoms with Crippen molar-refractivity contribution in [1.29, 1.82) is 0 Å². The van der Waals surface area contributed by atoms with Crippen LogP contribution < -0.4 is 10.6 Å². The van der Waals surface area contributed by atoms with Crippen LogP contribution in [0.2, 0.25) is 0 Å². The number of hydrogen-bond donors (Lipinski definition) is 2. The second kappa shape index (κ2) is 5.19. The minimum atomic E-state index is 0.557. The lowest BCUT2D eigenvalue weighted by molar-refractivity contribution is 0.631. The molecule has 15 heavy (non-hydrogen) atoms. The molecule has 2 rings (SSSR count). The first-order valence-corrected chi connectivity index (χ1v) is 6.08. The second-order valence-corrected chi connectivity index (χ2v) is 4.45. The maximum atomic E-state index is 4.61. The van der Waals surface area contributed by atoms with Crippen LogP contribution in [0.15, 0.2) is 17.1 Å². The van der Waals surface area contributed by atoms with Gasteiger partial charge in [-0.2, -0.15) is 0 Å². The number of guanidine groups is 1. The lowest BCUT2D eigenvalue weighted by Crippen LogP contribution is -2.42. The summed E-state index contributed by atoms with van der Waals surface area (Å²) in [6.07, 6.45) is 9.48. The van der Waals surface area contributed by atoms with Crippen molar-refractivity contribution < 1.29 is 0 Å². The van der Waals surface area contributed by atoms with Crippen LogP contribution in [0.25, 0.3) is 0 Å². The van der Waals surface area contributed by atoms with Crippen molar-refractivity contribution in [3.05, 3.63) is 12.2 Å². The average Bonchev–Trinajstić information content (AvgIpc) is 2.93. The average molecular weight is 207 g/mol. The number of nitrogens with one attached hydrogen (secondary N) is 2. The molecule has 0 heterocycles. The second-order valence-electron chi connectivity index (χ2n) is 4.45. The molecule has 0 unspecified atom stereocenters. The van der Waals surface area contributed by atoms with Crippen molar-refractivity contribution in [2.75, 3.05) is 13.1 Å². The molecule has 0 spiro atoms. The Morgan fingerprint density at radius 3 is 2.67 bits per heavy atom. The fraction of sp³-hybridized carbons (Fsp3) is 0.750. The SMILES string of the molecule is CCNC(=NCC1CC1)NC1CC=CC1. The molecule has 0 atom stereocenters. The van der Waals surface area contributed by atoms with Gasteiger partial charge in [0.25, 0.3) is 0 Å². The Kier molecular flexibility index (Phi) is 3.64. The molecule has 84 valence electrons. The lowest BCUT2D eigenvalue weighted by Gasteiger charge is -2.16. The molecule has 1 fully saturated rings. The fourth-order valence-corrected chi connectivity index (χ4v) is 1.77. The summed E-state index contributed by atoms with van der Waals surface area (Å²) in [7, 11) is 0. The molecule has 0 aromatic heterocycles. The Labute approximate surface area is 92.0 Å². The predicted molar refractivity (Wildman–Crippen MR) is 64.0 cm³/mol. The summed E-state index contributed by atoms with van der Waals surface area (Å²) in [5.41, 5.74) is 0. The van der Waals surface area contributed by atoms with Gasteiger partial charge in [0.05, 0.1) is 0 Å². The van der Waals surface area contributed by atoms with Crippen LogP contribution >= 0.6 is 0 Å². The van der Waals surface area contributed by atoms with Crippen LogP contribution in [0, 0.1) is 5.92 Å². The van der Waals surface area contributed by atoms with Gasteiger partial charge in [0, 0.05) is 19.1 Å². The Hall–Kier alpha value is -0.990. The van der Waals surface area contributed by atoms with Crippen LogP contribution in [-0.2, 0) is 0 Å². The van der Waals surface area contributed by atoms with Gasteiger partial charge in [-0.1, -0.05) is 12.2 Å². The van der Waals surface area contributed by atoms with Gasteiger partial charge in [-0.25, -0.2) is 0 Å². The smallest absolute Gasteiger partial charge is 0.191 e. The Bertz CT molecular complexity index is 246. The summed E-state index contributed by atoms with van der Waals surface area (Å²) in [6, 6.07) is 0.557. The molecule has 0 aromatic carbocycles. The van der Waals surface area contributed by atoms with Crippen LogP contribution in [0.5, 0.6) is 0 Å². The Morgan fingerprint density at radius 2 is 2.07 bits per heavy atom. The summed E-state index contributed by atoms with van der Waals surface area (Å²) in [5, 5.41) is 6.78. The fourth-order valence-electron chi connectivity index (χ4n) is 1.77. The third-order valence-electron chi connectivity index (χ3n) is 2.90. The number of nitrogens with zero attached hydrogens (tertiary/aromatic N) is 1. The van der Waals surface area contributed by atoms with Gasteiger partial charge in [-0.15, -0.1) is 0 Å². The zero-order chi connectivity index (χ0) is 10.5. The van der Waals surface area contributed by atoms with Crippen molar-refractivity contribution in [2.24, 2.45) is 10.9 Å². The summed E-state index contributed by atoms with van der Waals surface area (Å²) in [5.74, 6) is 1.86. The molecule has 0 aliphatic heterocycles. The molecule has 3 nitrogen and oxygen atoms in total. The maximum absolute atomic E-state index is 4.61. The van der Waals surface area contributed by atoms with Crippen molar-refractivity contribution in [2.45, 2.75) is 38.6 Å². The molecule has 0 amide bonds. The van der Waals surface area contributed by atoms with E-state index in [0.29, 0.717) is 6.04 Å². The molecule has 1 saturated carbocycles. The van der Waals surface area contributed by atoms with E-state index in [1.807, 2.05) is 0 Å². The summed E-state index contributed by atoms with van der Waals surface area (Å²) in [4.78, 5) is 4.61. The molecule has 3 heteroatoms. The molecule has 2 N–H and O–H groups in total. The van der Waals surface area contributed by atoms with Crippen LogP contribution in [0.1, 0.15) is 32.6 Å². The highest BCUT2D eigenvalue weighted by Crippen LogP contribution is 2.28. The largest absolute Gasteiger partial charge is 0.357 e. The molecule has 2 aliphatic carbocycles. The van der Waals surface area contributed by atoms with E-state index >= 15 is 0 Å². The van der Waals surface area contributed by atoms with Crippen LogP contribution in [0.3, 0.4) is 0 Å². The molecule has 0 aromatic rings. The van der Waals surface area contributed by atoms with E-state index in [-0.39, 0.29) is 0 Å². The standard InChI is InChI=1S/C12H21N3/c1-2-13-12(14-9-10-7-8-10)15-11-5-3-4-6-11/h3-4,10-11H,2,5-9H2,1H3,(H2,13,14,15). The molecule has 2 aliphatic rings. The zero-order valence-electron chi connectivity index (χ0n) is 9.50. The highest BCUT2D eigenvalue weighted by atomic mass is 15.2. The normalized spacial score (nSPS) is 22.1. The molecule has 0 radical (unpaired) electrons. The quantitative estimate of drug-likeness (QED) is 0.418. The third-order valence-corrected chi connectivity index (χ3v) is 2.90. The highest BCUT2D eigenvalue weighted by Gasteiger charge is 2.21. The predicted octanol–water partition coefficient (Wildman–Crippen LogP) is 1.67. The number of aliphatic imine (C=N–C) groups is 1. The summed E-state index contributed by atoms with van der Waals surface area (Å²) in [6.45, 7) is 4.05. The molecule has 0 bridgehead atoms. The van der Waals surface area contributed by atoms with E-state index in [0.717, 1.165) is 37.8 Å². The molecule has 0 saturated heterocycles. The molecular weight excluding hydrogens is 186 g/mol. The Morgan fingerprint density at radius 1 is 1.33 bits per heavy atom. The monoisotopic (exact) mass is 207 g/mol. The van der Waals surface area contributed by atoms with Crippen molar-refractivity contribution in [3.63, 3.8) is 0 Å². The lowest BCUT2D eigenvalue weighted by atomic mass is 10.2. The van der Waals surface area contributed by atoms with Crippen molar-refractivity contribution >= 4 is 5.96 Å². The summed E-state index contributed by atoms with van der Waals surface area (Å²) >= 11 is 0. The summed E-state index contributed by atoms with van der Waals surface area (Å²) < 4.78 is 0. The maximum Gasteiger partial charge on any atom is 0.191 e. The van der Waals surface area contributed by atoms with E-state index in [2.05, 4.69) is 34.7 Å². The van der Waals surface area contributed by atoms with Gasteiger partial charge >= 0.3 is 0 Å². The minimum Gasteiger partial charge on any atom is -0.357 e. The zero-order valence-corrected chi connectivity index (χ0v) is 9.50. The van der Waals surface area contributed by atoms with Crippen molar-refractivity contribution in [3.8, 4) is 0 Å². The first kappa shape index (κ1) is 10.5. The first-order valence-electron chi connectivity index (χ1n) is 6.08. The van der Waals surface area contributed by atoms with E-state index in [1.165, 1.54) is 12.8 Å². The molecular formula is C12H21N3. The Balaban J connectivity index is 1.77. The highest BCUT2D eigenvalue weighted by molar-refractivity contribution is 5.80. The van der Waals surface area contributed by atoms with Gasteiger partial charge in [0.15, 0.2) is 5.96 Å². The van der Waals surface area contributed by atoms with Gasteiger partial charge in [0.1, 0.15) is 0 Å². The topological polar surface area (TPSA) is 36.4 Å². The van der Waals surface area contributed by atoms with Crippen LogP contribution in [-0.4, -0.2) is 25.1 Å². The van der Waals surface area contributed by atoms with Gasteiger partial charge in [-0.3, -0.25) is 4.99 Å². The van der Waals surface area contributed by atoms with Gasteiger partial charge in [-0.05, 0) is 38.5 Å². The van der Waals surface area contributed by atoms with E-state index in [9.17, 15) is 0 Å². The van der Waals surface area contributed by atoms with Crippen molar-refractivity contribution in [1.82, 2.24) is 10.6 Å². The third kappa shape index (κ3) is 3.57. The van der Waals surface area contributed by atoms with Gasteiger partial charge < -0.3 is 10.6 Å².